The molecule has 1 nitrogen and oxygen atoms in total. The molecule has 0 aliphatic carbocycles. The van der Waals surface area contributed by atoms with Gasteiger partial charge >= 0.3 is 0 Å². The van der Waals surface area contributed by atoms with Gasteiger partial charge in [-0.15, -0.1) is 12.6 Å². The summed E-state index contributed by atoms with van der Waals surface area (Å²) < 4.78 is 0. The first-order valence-corrected chi connectivity index (χ1v) is 11.6. The van der Waals surface area contributed by atoms with E-state index in [1.165, 1.54) is 22.3 Å². The summed E-state index contributed by atoms with van der Waals surface area (Å²) >= 11 is 4.84. The van der Waals surface area contributed by atoms with Crippen LogP contribution < -0.4 is 5.73 Å². The summed E-state index contributed by atoms with van der Waals surface area (Å²) in [5.41, 5.74) is 16.6. The smallest absolute Gasteiger partial charge is 0.0184 e. The van der Waals surface area contributed by atoms with Gasteiger partial charge in [0.15, 0.2) is 0 Å². The van der Waals surface area contributed by atoms with Gasteiger partial charge in [-0.3, -0.25) is 0 Å². The van der Waals surface area contributed by atoms with Crippen molar-refractivity contribution in [2.45, 2.75) is 11.4 Å². The number of hydrogen-bond acceptors (Lipinski definition) is 2. The van der Waals surface area contributed by atoms with Crippen LogP contribution in [-0.4, -0.2) is 0 Å². The molecule has 0 aliphatic rings. The van der Waals surface area contributed by atoms with Crippen molar-refractivity contribution in [1.82, 2.24) is 0 Å². The Bertz CT molecular complexity index is 1390. The lowest BCUT2D eigenvalue weighted by atomic mass is 9.90. The Hall–Kier alpha value is -3.59. The van der Waals surface area contributed by atoms with E-state index in [0.29, 0.717) is 6.54 Å². The minimum Gasteiger partial charge on any atom is -0.326 e. The summed E-state index contributed by atoms with van der Waals surface area (Å²) in [5.74, 6) is 0. The molecule has 0 aliphatic heterocycles. The summed E-state index contributed by atoms with van der Waals surface area (Å²) in [6, 6.07) is 42.5. The predicted molar refractivity (Wildman–Crippen MR) is 143 cm³/mol. The predicted octanol–water partition coefficient (Wildman–Crippen LogP) is 8.10. The summed E-state index contributed by atoms with van der Waals surface area (Å²) in [6.07, 6.45) is 0. The molecule has 0 bridgehead atoms. The molecule has 0 spiro atoms. The van der Waals surface area contributed by atoms with E-state index < -0.39 is 0 Å². The maximum atomic E-state index is 6.05. The van der Waals surface area contributed by atoms with Gasteiger partial charge in [-0.25, -0.2) is 0 Å². The van der Waals surface area contributed by atoms with E-state index in [-0.39, 0.29) is 0 Å². The van der Waals surface area contributed by atoms with Crippen LogP contribution in [0.1, 0.15) is 5.56 Å². The van der Waals surface area contributed by atoms with Crippen LogP contribution in [0.5, 0.6) is 0 Å². The quantitative estimate of drug-likeness (QED) is 0.264. The molecule has 5 aromatic rings. The normalized spacial score (nSPS) is 10.8. The van der Waals surface area contributed by atoms with Gasteiger partial charge in [0, 0.05) is 17.0 Å². The van der Waals surface area contributed by atoms with Crippen molar-refractivity contribution in [3.8, 4) is 44.5 Å². The highest BCUT2D eigenvalue weighted by Crippen LogP contribution is 2.39. The van der Waals surface area contributed by atoms with Crippen LogP contribution in [0.25, 0.3) is 44.5 Å². The zero-order valence-electron chi connectivity index (χ0n) is 18.3. The fourth-order valence-electron chi connectivity index (χ4n) is 4.37. The Morgan fingerprint density at radius 2 is 1.03 bits per heavy atom. The van der Waals surface area contributed by atoms with E-state index in [0.717, 1.165) is 32.7 Å². The molecule has 5 rings (SSSR count). The third-order valence-corrected chi connectivity index (χ3v) is 6.42. The molecular formula is C31H25NS. The molecule has 0 unspecified atom stereocenters. The Balaban J connectivity index is 1.57. The number of hydrogen-bond donors (Lipinski definition) is 2. The summed E-state index contributed by atoms with van der Waals surface area (Å²) in [4.78, 5) is 0.955. The van der Waals surface area contributed by atoms with E-state index in [4.69, 9.17) is 18.4 Å². The molecule has 0 saturated carbocycles. The fourth-order valence-corrected chi connectivity index (χ4v) is 4.70. The van der Waals surface area contributed by atoms with Crippen molar-refractivity contribution >= 4 is 12.6 Å². The van der Waals surface area contributed by atoms with Crippen LogP contribution in [0.3, 0.4) is 0 Å². The monoisotopic (exact) mass is 443 g/mol. The SMILES string of the molecule is NCc1ccccc1-c1cccc(S)c1-c1cccc(-c2ccc(-c3ccccc3)cc2)c1. The van der Waals surface area contributed by atoms with Gasteiger partial charge in [-0.1, -0.05) is 109 Å². The third kappa shape index (κ3) is 4.36. The first-order valence-electron chi connectivity index (χ1n) is 11.1. The number of thiol groups is 1. The Kier molecular flexibility index (Phi) is 6.12. The Morgan fingerprint density at radius 3 is 1.79 bits per heavy atom. The van der Waals surface area contributed by atoms with Crippen molar-refractivity contribution in [2.75, 3.05) is 0 Å². The van der Waals surface area contributed by atoms with Crippen LogP contribution in [0.4, 0.5) is 0 Å². The van der Waals surface area contributed by atoms with Crippen LogP contribution in [0, 0.1) is 0 Å². The summed E-state index contributed by atoms with van der Waals surface area (Å²) in [6.45, 7) is 0.500. The molecule has 160 valence electrons. The second-order valence-electron chi connectivity index (χ2n) is 8.09. The van der Waals surface area contributed by atoms with Crippen molar-refractivity contribution in [2.24, 2.45) is 5.73 Å². The molecule has 33 heavy (non-hydrogen) atoms. The van der Waals surface area contributed by atoms with Gasteiger partial charge in [0.1, 0.15) is 0 Å². The van der Waals surface area contributed by atoms with Crippen molar-refractivity contribution in [3.05, 3.63) is 127 Å². The molecule has 0 atom stereocenters. The molecule has 0 aromatic heterocycles. The zero-order chi connectivity index (χ0) is 22.6. The van der Waals surface area contributed by atoms with Gasteiger partial charge in [0.25, 0.3) is 0 Å². The van der Waals surface area contributed by atoms with Gasteiger partial charge < -0.3 is 5.73 Å². The largest absolute Gasteiger partial charge is 0.326 e. The third-order valence-electron chi connectivity index (χ3n) is 6.05. The fraction of sp³-hybridized carbons (Fsp3) is 0.0323. The lowest BCUT2D eigenvalue weighted by molar-refractivity contribution is 1.07. The van der Waals surface area contributed by atoms with Crippen LogP contribution >= 0.6 is 12.6 Å². The minimum absolute atomic E-state index is 0.500. The van der Waals surface area contributed by atoms with Crippen molar-refractivity contribution < 1.29 is 0 Å². The molecule has 2 N–H and O–H groups in total. The highest BCUT2D eigenvalue weighted by Gasteiger charge is 2.14. The first kappa shape index (κ1) is 21.3. The molecule has 2 heteroatoms. The van der Waals surface area contributed by atoms with Gasteiger partial charge in [0.05, 0.1) is 0 Å². The van der Waals surface area contributed by atoms with Gasteiger partial charge in [0.2, 0.25) is 0 Å². The second kappa shape index (κ2) is 9.50. The maximum Gasteiger partial charge on any atom is 0.0184 e. The van der Waals surface area contributed by atoms with Crippen molar-refractivity contribution in [1.29, 1.82) is 0 Å². The van der Waals surface area contributed by atoms with Gasteiger partial charge in [-0.2, -0.15) is 0 Å². The lowest BCUT2D eigenvalue weighted by Gasteiger charge is -2.16. The zero-order valence-corrected chi connectivity index (χ0v) is 19.2. The Morgan fingerprint density at radius 1 is 0.485 bits per heavy atom. The molecule has 0 heterocycles. The highest BCUT2D eigenvalue weighted by atomic mass is 32.1. The van der Waals surface area contributed by atoms with E-state index in [1.54, 1.807) is 0 Å². The number of rotatable bonds is 5. The Labute approximate surface area is 201 Å². The summed E-state index contributed by atoms with van der Waals surface area (Å²) in [7, 11) is 0. The minimum atomic E-state index is 0.500. The van der Waals surface area contributed by atoms with Crippen LogP contribution in [0.15, 0.2) is 126 Å². The highest BCUT2D eigenvalue weighted by molar-refractivity contribution is 7.80. The molecule has 0 radical (unpaired) electrons. The molecule has 0 fully saturated rings. The number of nitrogens with two attached hydrogens (primary N) is 1. The van der Waals surface area contributed by atoms with Crippen LogP contribution in [-0.2, 0) is 6.54 Å². The molecule has 5 aromatic carbocycles. The summed E-state index contributed by atoms with van der Waals surface area (Å²) in [5, 5.41) is 0. The molecule has 0 amide bonds. The van der Waals surface area contributed by atoms with E-state index in [2.05, 4.69) is 103 Å². The van der Waals surface area contributed by atoms with Crippen LogP contribution in [0.2, 0.25) is 0 Å². The average Bonchev–Trinajstić information content (AvgIpc) is 2.89. The topological polar surface area (TPSA) is 26.0 Å². The van der Waals surface area contributed by atoms with E-state index in [9.17, 15) is 0 Å². The van der Waals surface area contributed by atoms with E-state index >= 15 is 0 Å². The maximum absolute atomic E-state index is 6.05. The lowest BCUT2D eigenvalue weighted by Crippen LogP contribution is -1.99. The number of benzene rings is 5. The second-order valence-corrected chi connectivity index (χ2v) is 8.57. The average molecular weight is 444 g/mol. The molecule has 0 saturated heterocycles. The molecular weight excluding hydrogens is 418 g/mol. The van der Waals surface area contributed by atoms with Crippen molar-refractivity contribution in [3.63, 3.8) is 0 Å². The first-order chi connectivity index (χ1) is 16.2. The standard InChI is InChI=1S/C31H25NS/c32-21-27-10-4-5-13-28(27)29-14-7-15-30(33)31(29)26-12-6-11-25(20-26)24-18-16-23(17-19-24)22-8-2-1-3-9-22/h1-20,33H,21,32H2. The van der Waals surface area contributed by atoms with E-state index in [1.807, 2.05) is 18.2 Å². The van der Waals surface area contributed by atoms with Gasteiger partial charge in [-0.05, 0) is 56.6 Å².